The van der Waals surface area contributed by atoms with E-state index >= 15 is 0 Å². The van der Waals surface area contributed by atoms with Crippen LogP contribution in [-0.4, -0.2) is 59.0 Å². The molecule has 3 unspecified atom stereocenters. The van der Waals surface area contributed by atoms with Crippen LogP contribution in [0.3, 0.4) is 0 Å². The lowest BCUT2D eigenvalue weighted by atomic mass is 10.1. The van der Waals surface area contributed by atoms with E-state index in [1.54, 1.807) is 4.90 Å². The minimum absolute atomic E-state index is 0.0150. The number of rotatable bonds is 3. The minimum Gasteiger partial charge on any atom is -0.477 e. The summed E-state index contributed by atoms with van der Waals surface area (Å²) in [4.78, 5) is 29.8. The minimum atomic E-state index is -1.14. The second-order valence-electron chi connectivity index (χ2n) is 4.84. The zero-order valence-electron chi connectivity index (χ0n) is 11.0. The van der Waals surface area contributed by atoms with Crippen LogP contribution in [0.15, 0.2) is 5.16 Å². The third-order valence-electron chi connectivity index (χ3n) is 3.41. The number of carboxylic acid groups (broad SMARTS) is 1. The number of oxime groups is 1. The number of morpholine rings is 1. The van der Waals surface area contributed by atoms with Crippen molar-refractivity contribution in [1.29, 1.82) is 0 Å². The van der Waals surface area contributed by atoms with E-state index in [4.69, 9.17) is 14.7 Å². The number of carbonyl (C=O) groups excluding carboxylic acids is 1. The standard InChI is InChI=1S/C12H18N2O5/c1-3-8-6-18-7(2)5-14(8)11(15)10-4-9(12(16)17)13-19-10/h7-8,10H,3-6H2,1-2H3,(H,16,17). The van der Waals surface area contributed by atoms with Gasteiger partial charge in [-0.2, -0.15) is 0 Å². The van der Waals surface area contributed by atoms with Crippen LogP contribution in [0.5, 0.6) is 0 Å². The summed E-state index contributed by atoms with van der Waals surface area (Å²) in [5.41, 5.74) is -0.104. The summed E-state index contributed by atoms with van der Waals surface area (Å²) in [5.74, 6) is -1.35. The van der Waals surface area contributed by atoms with Crippen LogP contribution < -0.4 is 0 Å². The van der Waals surface area contributed by atoms with Crippen molar-refractivity contribution < 1.29 is 24.3 Å². The van der Waals surface area contributed by atoms with E-state index in [2.05, 4.69) is 5.16 Å². The largest absolute Gasteiger partial charge is 0.477 e. The second-order valence-corrected chi connectivity index (χ2v) is 4.84. The molecule has 0 aliphatic carbocycles. The zero-order valence-corrected chi connectivity index (χ0v) is 11.0. The predicted octanol–water partition coefficient (Wildman–Crippen LogP) is 0.242. The first-order chi connectivity index (χ1) is 9.02. The Kier molecular flexibility index (Phi) is 4.04. The number of ether oxygens (including phenoxy) is 1. The number of hydrogen-bond donors (Lipinski definition) is 1. The highest BCUT2D eigenvalue weighted by Crippen LogP contribution is 2.20. The second kappa shape index (κ2) is 5.56. The van der Waals surface area contributed by atoms with Crippen molar-refractivity contribution in [2.24, 2.45) is 5.16 Å². The van der Waals surface area contributed by atoms with Crippen LogP contribution in [0.4, 0.5) is 0 Å². The Bertz CT molecular complexity index is 409. The van der Waals surface area contributed by atoms with E-state index in [1.165, 1.54) is 0 Å². The first kappa shape index (κ1) is 13.8. The van der Waals surface area contributed by atoms with Gasteiger partial charge in [0.15, 0.2) is 5.71 Å². The van der Waals surface area contributed by atoms with E-state index in [1.807, 2.05) is 13.8 Å². The van der Waals surface area contributed by atoms with E-state index in [0.717, 1.165) is 6.42 Å². The maximum atomic E-state index is 12.4. The van der Waals surface area contributed by atoms with Crippen molar-refractivity contribution in [1.82, 2.24) is 4.90 Å². The molecule has 0 bridgehead atoms. The van der Waals surface area contributed by atoms with Gasteiger partial charge in [-0.05, 0) is 13.3 Å². The van der Waals surface area contributed by atoms with Crippen LogP contribution in [0.2, 0.25) is 0 Å². The molecule has 0 aromatic rings. The van der Waals surface area contributed by atoms with Gasteiger partial charge in [-0.1, -0.05) is 12.1 Å². The molecule has 0 saturated carbocycles. The lowest BCUT2D eigenvalue weighted by Gasteiger charge is -2.39. The summed E-state index contributed by atoms with van der Waals surface area (Å²) in [6.45, 7) is 4.89. The fourth-order valence-corrected chi connectivity index (χ4v) is 2.27. The molecule has 2 aliphatic rings. The fourth-order valence-electron chi connectivity index (χ4n) is 2.27. The molecule has 1 amide bonds. The van der Waals surface area contributed by atoms with Gasteiger partial charge in [-0.3, -0.25) is 4.79 Å². The molecule has 7 nitrogen and oxygen atoms in total. The highest BCUT2D eigenvalue weighted by Gasteiger charge is 2.38. The smallest absolute Gasteiger partial charge is 0.353 e. The number of carboxylic acids is 1. The predicted molar refractivity (Wildman–Crippen MR) is 65.8 cm³/mol. The van der Waals surface area contributed by atoms with Gasteiger partial charge < -0.3 is 19.6 Å². The van der Waals surface area contributed by atoms with Crippen molar-refractivity contribution in [3.8, 4) is 0 Å². The van der Waals surface area contributed by atoms with Crippen LogP contribution in [0.25, 0.3) is 0 Å². The first-order valence-corrected chi connectivity index (χ1v) is 6.41. The van der Waals surface area contributed by atoms with Gasteiger partial charge in [0.05, 0.1) is 18.8 Å². The summed E-state index contributed by atoms with van der Waals surface area (Å²) < 4.78 is 5.53. The Morgan fingerprint density at radius 2 is 2.26 bits per heavy atom. The van der Waals surface area contributed by atoms with Crippen molar-refractivity contribution in [3.05, 3.63) is 0 Å². The van der Waals surface area contributed by atoms with Crippen molar-refractivity contribution in [2.45, 2.75) is 44.9 Å². The molecule has 2 heterocycles. The Hall–Kier alpha value is -1.63. The van der Waals surface area contributed by atoms with Crippen molar-refractivity contribution in [3.63, 3.8) is 0 Å². The van der Waals surface area contributed by atoms with Crippen molar-refractivity contribution in [2.75, 3.05) is 13.2 Å². The molecule has 0 aromatic carbocycles. The van der Waals surface area contributed by atoms with Crippen LogP contribution in [0.1, 0.15) is 26.7 Å². The lowest BCUT2D eigenvalue weighted by molar-refractivity contribution is -0.155. The number of carbonyl (C=O) groups is 2. The monoisotopic (exact) mass is 270 g/mol. The number of nitrogens with zero attached hydrogens (tertiary/aromatic N) is 2. The molecule has 1 saturated heterocycles. The Morgan fingerprint density at radius 1 is 1.53 bits per heavy atom. The molecule has 2 rings (SSSR count). The van der Waals surface area contributed by atoms with E-state index < -0.39 is 12.1 Å². The van der Waals surface area contributed by atoms with E-state index in [0.29, 0.717) is 13.2 Å². The summed E-state index contributed by atoms with van der Waals surface area (Å²) >= 11 is 0. The molecule has 1 N–H and O–H groups in total. The van der Waals surface area contributed by atoms with Gasteiger partial charge in [-0.15, -0.1) is 0 Å². The van der Waals surface area contributed by atoms with Gasteiger partial charge in [0.2, 0.25) is 6.10 Å². The highest BCUT2D eigenvalue weighted by molar-refractivity contribution is 6.36. The molecule has 2 aliphatic heterocycles. The zero-order chi connectivity index (χ0) is 14.0. The van der Waals surface area contributed by atoms with Crippen LogP contribution in [-0.2, 0) is 19.2 Å². The molecule has 0 spiro atoms. The van der Waals surface area contributed by atoms with Gasteiger partial charge in [0.1, 0.15) is 0 Å². The summed E-state index contributed by atoms with van der Waals surface area (Å²) in [5, 5.41) is 12.2. The van der Waals surface area contributed by atoms with Gasteiger partial charge >= 0.3 is 5.97 Å². The quantitative estimate of drug-likeness (QED) is 0.793. The Balaban J connectivity index is 2.01. The van der Waals surface area contributed by atoms with E-state index in [-0.39, 0.29) is 30.2 Å². The van der Waals surface area contributed by atoms with Crippen LogP contribution in [0, 0.1) is 0 Å². The molecule has 1 fully saturated rings. The molecule has 3 atom stereocenters. The maximum absolute atomic E-state index is 12.4. The molecule has 0 radical (unpaired) electrons. The van der Waals surface area contributed by atoms with Crippen LogP contribution >= 0.6 is 0 Å². The highest BCUT2D eigenvalue weighted by atomic mass is 16.6. The number of amides is 1. The summed E-state index contributed by atoms with van der Waals surface area (Å²) in [6, 6.07) is 0.0150. The average molecular weight is 270 g/mol. The van der Waals surface area contributed by atoms with Gasteiger partial charge in [-0.25, -0.2) is 4.79 Å². The molecule has 7 heteroatoms. The van der Waals surface area contributed by atoms with Crippen molar-refractivity contribution >= 4 is 17.6 Å². The molecular weight excluding hydrogens is 252 g/mol. The molecular formula is C12H18N2O5. The van der Waals surface area contributed by atoms with Gasteiger partial charge in [0.25, 0.3) is 5.91 Å². The number of hydrogen-bond acceptors (Lipinski definition) is 5. The molecule has 0 aromatic heterocycles. The Morgan fingerprint density at radius 3 is 2.84 bits per heavy atom. The SMILES string of the molecule is CCC1COC(C)CN1C(=O)C1CC(C(=O)O)=NO1. The van der Waals surface area contributed by atoms with Gasteiger partial charge in [0, 0.05) is 13.0 Å². The summed E-state index contributed by atoms with van der Waals surface area (Å²) in [7, 11) is 0. The molecule has 19 heavy (non-hydrogen) atoms. The Labute approximate surface area is 111 Å². The first-order valence-electron chi connectivity index (χ1n) is 6.41. The third kappa shape index (κ3) is 2.86. The fraction of sp³-hybridized carbons (Fsp3) is 0.750. The normalized spacial score (nSPS) is 30.7. The average Bonchev–Trinajstić information content (AvgIpc) is 2.87. The third-order valence-corrected chi connectivity index (χ3v) is 3.41. The number of aliphatic carboxylic acids is 1. The van der Waals surface area contributed by atoms with E-state index in [9.17, 15) is 9.59 Å². The lowest BCUT2D eigenvalue weighted by Crippen LogP contribution is -2.54. The maximum Gasteiger partial charge on any atom is 0.353 e. The molecule has 106 valence electrons. The topological polar surface area (TPSA) is 88.4 Å². The summed E-state index contributed by atoms with van der Waals surface area (Å²) in [6.07, 6.45) is -0.0211.